The second-order valence-electron chi connectivity index (χ2n) is 6.20. The van der Waals surface area contributed by atoms with Crippen LogP contribution < -0.4 is 20.7 Å². The van der Waals surface area contributed by atoms with E-state index in [0.717, 1.165) is 0 Å². The Kier molecular flexibility index (Phi) is 6.03. The minimum absolute atomic E-state index is 0.0624. The molecule has 2 aromatic carbocycles. The molecule has 0 bridgehead atoms. The average molecular weight is 428 g/mol. The molecule has 0 aliphatic heterocycles. The quantitative estimate of drug-likeness (QED) is 0.556. The number of nitrogens with one attached hydrogen (secondary N) is 2. The molecule has 0 fully saturated rings. The Morgan fingerprint density at radius 1 is 1.17 bits per heavy atom. The Labute approximate surface area is 176 Å². The number of rotatable bonds is 6. The molecule has 10 heteroatoms. The molecule has 9 nitrogen and oxygen atoms in total. The van der Waals surface area contributed by atoms with E-state index in [1.54, 1.807) is 42.5 Å². The first-order chi connectivity index (χ1) is 14.3. The molecule has 0 saturated heterocycles. The van der Waals surface area contributed by atoms with E-state index in [2.05, 4.69) is 15.3 Å². The highest BCUT2D eigenvalue weighted by atomic mass is 35.5. The number of aromatic nitrogens is 2. The number of aromatic amines is 1. The lowest BCUT2D eigenvalue weighted by Gasteiger charge is -2.17. The molecule has 30 heavy (non-hydrogen) atoms. The van der Waals surface area contributed by atoms with Crippen LogP contribution in [0, 0.1) is 0 Å². The van der Waals surface area contributed by atoms with Crippen molar-refractivity contribution in [2.24, 2.45) is 5.73 Å². The Morgan fingerprint density at radius 3 is 2.50 bits per heavy atom. The van der Waals surface area contributed by atoms with Crippen LogP contribution in [0.2, 0.25) is 5.02 Å². The summed E-state index contributed by atoms with van der Waals surface area (Å²) in [7, 11) is 2.99. The van der Waals surface area contributed by atoms with Gasteiger partial charge in [-0.3, -0.25) is 14.4 Å². The summed E-state index contributed by atoms with van der Waals surface area (Å²) in [5, 5.41) is 3.21. The normalized spacial score (nSPS) is 10.4. The van der Waals surface area contributed by atoms with E-state index in [9.17, 15) is 14.4 Å². The number of H-pyrrole nitrogens is 1. The van der Waals surface area contributed by atoms with Crippen LogP contribution in [0.5, 0.6) is 5.75 Å². The third kappa shape index (κ3) is 4.26. The van der Waals surface area contributed by atoms with Gasteiger partial charge in [0.15, 0.2) is 5.69 Å². The Bertz CT molecular complexity index is 1110. The van der Waals surface area contributed by atoms with Gasteiger partial charge in [0.05, 0.1) is 19.0 Å². The number of nitrogens with two attached hydrogens (primary N) is 1. The summed E-state index contributed by atoms with van der Waals surface area (Å²) in [4.78, 5) is 44.3. The van der Waals surface area contributed by atoms with Gasteiger partial charge in [0.1, 0.15) is 11.4 Å². The van der Waals surface area contributed by atoms with Crippen molar-refractivity contribution in [1.29, 1.82) is 0 Å². The van der Waals surface area contributed by atoms with Crippen molar-refractivity contribution in [2.75, 3.05) is 24.4 Å². The Hall–Kier alpha value is -3.85. The molecule has 0 aliphatic carbocycles. The summed E-state index contributed by atoms with van der Waals surface area (Å²) in [6.07, 6.45) is 1.23. The molecular formula is C20H18ClN5O4. The monoisotopic (exact) mass is 427 g/mol. The molecule has 0 aliphatic rings. The average Bonchev–Trinajstić information content (AvgIpc) is 3.23. The van der Waals surface area contributed by atoms with E-state index >= 15 is 0 Å². The number of ether oxygens (including phenoxy) is 1. The first kappa shape index (κ1) is 20.9. The van der Waals surface area contributed by atoms with Crippen molar-refractivity contribution in [3.8, 4) is 5.75 Å². The van der Waals surface area contributed by atoms with Gasteiger partial charge in [0.2, 0.25) is 0 Å². The van der Waals surface area contributed by atoms with Gasteiger partial charge in [-0.05, 0) is 42.5 Å². The zero-order chi connectivity index (χ0) is 21.8. The third-order valence-corrected chi connectivity index (χ3v) is 4.55. The van der Waals surface area contributed by atoms with Crippen LogP contribution >= 0.6 is 11.6 Å². The van der Waals surface area contributed by atoms with Crippen molar-refractivity contribution >= 4 is 40.7 Å². The summed E-state index contributed by atoms with van der Waals surface area (Å²) in [6.45, 7) is 0. The predicted molar refractivity (Wildman–Crippen MR) is 112 cm³/mol. The molecule has 1 aromatic heterocycles. The molecule has 3 rings (SSSR count). The van der Waals surface area contributed by atoms with Gasteiger partial charge >= 0.3 is 0 Å². The van der Waals surface area contributed by atoms with Crippen LogP contribution in [0.3, 0.4) is 0 Å². The van der Waals surface area contributed by atoms with Crippen molar-refractivity contribution in [2.45, 2.75) is 0 Å². The number of anilines is 2. The number of methoxy groups -OCH3 is 1. The number of primary amides is 1. The highest BCUT2D eigenvalue weighted by Crippen LogP contribution is 2.25. The van der Waals surface area contributed by atoms with Crippen LogP contribution in [0.25, 0.3) is 0 Å². The molecule has 4 N–H and O–H groups in total. The molecule has 0 saturated carbocycles. The van der Waals surface area contributed by atoms with Crippen LogP contribution in [0.4, 0.5) is 11.4 Å². The second kappa shape index (κ2) is 8.66. The number of nitrogens with zero attached hydrogens (tertiary/aromatic N) is 2. The van der Waals surface area contributed by atoms with Gasteiger partial charge in [-0.1, -0.05) is 11.6 Å². The number of hydrogen-bond donors (Lipinski definition) is 3. The van der Waals surface area contributed by atoms with Crippen molar-refractivity contribution in [3.05, 3.63) is 70.8 Å². The second-order valence-corrected chi connectivity index (χ2v) is 6.64. The molecule has 3 amide bonds. The van der Waals surface area contributed by atoms with Gasteiger partial charge < -0.3 is 25.7 Å². The molecule has 154 valence electrons. The zero-order valence-electron chi connectivity index (χ0n) is 16.1. The van der Waals surface area contributed by atoms with Gasteiger partial charge in [-0.15, -0.1) is 0 Å². The highest BCUT2D eigenvalue weighted by molar-refractivity contribution is 6.31. The summed E-state index contributed by atoms with van der Waals surface area (Å²) in [5.74, 6) is -1.30. The van der Waals surface area contributed by atoms with Crippen LogP contribution in [0.1, 0.15) is 31.3 Å². The van der Waals surface area contributed by atoms with Crippen molar-refractivity contribution in [3.63, 3.8) is 0 Å². The van der Waals surface area contributed by atoms with Gasteiger partial charge in [0.25, 0.3) is 17.7 Å². The zero-order valence-corrected chi connectivity index (χ0v) is 16.9. The summed E-state index contributed by atoms with van der Waals surface area (Å²) in [6, 6.07) is 11.3. The maximum absolute atomic E-state index is 12.6. The number of carbonyl (C=O) groups excluding carboxylic acids is 3. The number of halogens is 1. The molecule has 0 spiro atoms. The molecule has 0 atom stereocenters. The van der Waals surface area contributed by atoms with Gasteiger partial charge in [0, 0.05) is 23.4 Å². The number of hydrogen-bond acceptors (Lipinski definition) is 5. The minimum atomic E-state index is -0.778. The van der Waals surface area contributed by atoms with Crippen LogP contribution in [-0.2, 0) is 0 Å². The minimum Gasteiger partial charge on any atom is -0.496 e. The van der Waals surface area contributed by atoms with Crippen molar-refractivity contribution in [1.82, 2.24) is 9.97 Å². The third-order valence-electron chi connectivity index (χ3n) is 4.31. The first-order valence-corrected chi connectivity index (χ1v) is 9.05. The summed E-state index contributed by atoms with van der Waals surface area (Å²) >= 11 is 5.92. The van der Waals surface area contributed by atoms with Crippen LogP contribution in [-0.4, -0.2) is 41.8 Å². The molecule has 0 unspecified atom stereocenters. The molecule has 0 radical (unpaired) electrons. The van der Waals surface area contributed by atoms with E-state index in [1.807, 2.05) is 0 Å². The standard InChI is InChI=1S/C20H18ClN5O4/c1-26(20(29)17-16(18(22)27)23-10-24-17)13-6-4-12(5-7-13)25-19(28)14-8-3-11(21)9-15(14)30-2/h3-10H,1-2H3,(H2,22,27)(H,23,24)(H,25,28). The smallest absolute Gasteiger partial charge is 0.279 e. The van der Waals surface area contributed by atoms with E-state index in [1.165, 1.54) is 25.4 Å². The first-order valence-electron chi connectivity index (χ1n) is 8.68. The number of benzene rings is 2. The topological polar surface area (TPSA) is 130 Å². The molecule has 3 aromatic rings. The summed E-state index contributed by atoms with van der Waals surface area (Å²) < 4.78 is 5.19. The van der Waals surface area contributed by atoms with Gasteiger partial charge in [-0.25, -0.2) is 4.98 Å². The van der Waals surface area contributed by atoms with E-state index < -0.39 is 11.8 Å². The maximum atomic E-state index is 12.6. The van der Waals surface area contributed by atoms with Gasteiger partial charge in [-0.2, -0.15) is 0 Å². The largest absolute Gasteiger partial charge is 0.496 e. The van der Waals surface area contributed by atoms with E-state index in [4.69, 9.17) is 22.1 Å². The maximum Gasteiger partial charge on any atom is 0.279 e. The van der Waals surface area contributed by atoms with Crippen LogP contribution in [0.15, 0.2) is 48.8 Å². The Morgan fingerprint density at radius 2 is 1.87 bits per heavy atom. The summed E-state index contributed by atoms with van der Waals surface area (Å²) in [5.41, 5.74) is 6.48. The fraction of sp³-hybridized carbons (Fsp3) is 0.100. The Balaban J connectivity index is 1.75. The lowest BCUT2D eigenvalue weighted by molar-refractivity contribution is 0.0958. The lowest BCUT2D eigenvalue weighted by atomic mass is 10.1. The van der Waals surface area contributed by atoms with E-state index in [-0.39, 0.29) is 17.3 Å². The number of carbonyl (C=O) groups is 3. The molecular weight excluding hydrogens is 410 g/mol. The number of amides is 3. The van der Waals surface area contributed by atoms with E-state index in [0.29, 0.717) is 27.7 Å². The highest BCUT2D eigenvalue weighted by Gasteiger charge is 2.22. The SMILES string of the molecule is COc1cc(Cl)ccc1C(=O)Nc1ccc(N(C)C(=O)c2nc[nH]c2C(N)=O)cc1. The lowest BCUT2D eigenvalue weighted by Crippen LogP contribution is -2.29. The fourth-order valence-electron chi connectivity index (χ4n) is 2.74. The fourth-order valence-corrected chi connectivity index (χ4v) is 2.90. The predicted octanol–water partition coefficient (Wildman–Crippen LogP) is 2.70. The van der Waals surface area contributed by atoms with Crippen molar-refractivity contribution < 1.29 is 19.1 Å². The molecule has 1 heterocycles. The number of imidazole rings is 1.